The van der Waals surface area contributed by atoms with Crippen LogP contribution < -0.4 is 5.32 Å². The van der Waals surface area contributed by atoms with E-state index in [4.69, 9.17) is 4.74 Å². The molecule has 1 aliphatic heterocycles. The molecule has 8 heteroatoms. The highest BCUT2D eigenvalue weighted by molar-refractivity contribution is 6.45. The molecule has 0 spiro atoms. The second-order valence-electron chi connectivity index (χ2n) is 7.06. The van der Waals surface area contributed by atoms with Gasteiger partial charge < -0.3 is 10.1 Å². The molecule has 160 valence electrons. The Morgan fingerprint density at radius 1 is 0.875 bits per heavy atom. The van der Waals surface area contributed by atoms with E-state index in [0.717, 1.165) is 18.2 Å². The molecule has 1 amide bonds. The Morgan fingerprint density at radius 2 is 1.53 bits per heavy atom. The van der Waals surface area contributed by atoms with Gasteiger partial charge in [-0.2, -0.15) is 0 Å². The molecule has 6 nitrogen and oxygen atoms in total. The quantitative estimate of drug-likeness (QED) is 0.275. The number of halogens is 2. The number of carbonyl (C=O) groups is 4. The molecule has 4 rings (SSSR count). The maximum atomic E-state index is 14.3. The fourth-order valence-corrected chi connectivity index (χ4v) is 3.51. The third kappa shape index (κ3) is 3.90. The summed E-state index contributed by atoms with van der Waals surface area (Å²) in [6, 6.07) is 15.8. The summed E-state index contributed by atoms with van der Waals surface area (Å²) in [5.41, 5.74) is 0.0946. The molecule has 3 aromatic carbocycles. The molecule has 1 aliphatic rings. The van der Waals surface area contributed by atoms with Crippen LogP contribution >= 0.6 is 0 Å². The van der Waals surface area contributed by atoms with Gasteiger partial charge in [-0.05, 0) is 42.5 Å². The number of rotatable bonds is 6. The maximum absolute atomic E-state index is 14.3. The molecule has 0 unspecified atom stereocenters. The number of hydrogen-bond donors (Lipinski definition) is 1. The first-order valence-electron chi connectivity index (χ1n) is 9.56. The van der Waals surface area contributed by atoms with Gasteiger partial charge in [0.05, 0.1) is 11.1 Å². The Kier molecular flexibility index (Phi) is 5.59. The number of benzene rings is 3. The van der Waals surface area contributed by atoms with Gasteiger partial charge in [0.1, 0.15) is 23.7 Å². The van der Waals surface area contributed by atoms with Crippen molar-refractivity contribution in [2.75, 3.05) is 5.32 Å². The lowest BCUT2D eigenvalue weighted by atomic mass is 9.84. The van der Waals surface area contributed by atoms with Crippen LogP contribution in [0.2, 0.25) is 0 Å². The Labute approximate surface area is 180 Å². The summed E-state index contributed by atoms with van der Waals surface area (Å²) in [5, 5.41) is 2.29. The maximum Gasteiger partial charge on any atom is 0.339 e. The van der Waals surface area contributed by atoms with Gasteiger partial charge in [0.15, 0.2) is 5.78 Å². The number of nitrogens with one attached hydrogen (secondary N) is 1. The van der Waals surface area contributed by atoms with Crippen molar-refractivity contribution in [3.05, 3.63) is 101 Å². The zero-order chi connectivity index (χ0) is 22.8. The van der Waals surface area contributed by atoms with Gasteiger partial charge in [0, 0.05) is 11.3 Å². The zero-order valence-electron chi connectivity index (χ0n) is 16.4. The van der Waals surface area contributed by atoms with Crippen LogP contribution in [0, 0.1) is 17.6 Å². The number of ketones is 2. The molecule has 0 aromatic heterocycles. The van der Waals surface area contributed by atoms with Crippen molar-refractivity contribution in [3.63, 3.8) is 0 Å². The third-order valence-electron chi connectivity index (χ3n) is 5.05. The van der Waals surface area contributed by atoms with E-state index in [2.05, 4.69) is 5.32 Å². The fourth-order valence-electron chi connectivity index (χ4n) is 3.51. The summed E-state index contributed by atoms with van der Waals surface area (Å²) in [6.45, 7) is 0. The summed E-state index contributed by atoms with van der Waals surface area (Å²) in [7, 11) is 0. The summed E-state index contributed by atoms with van der Waals surface area (Å²) in [5.74, 6) is -7.42. The number of hydrogen-bond acceptors (Lipinski definition) is 5. The van der Waals surface area contributed by atoms with Crippen molar-refractivity contribution >= 4 is 29.1 Å². The summed E-state index contributed by atoms with van der Waals surface area (Å²) in [6.07, 6.45) is -1.41. The van der Waals surface area contributed by atoms with E-state index in [1.54, 1.807) is 12.1 Å². The largest absolute Gasteiger partial charge is 0.453 e. The van der Waals surface area contributed by atoms with Crippen LogP contribution in [0.5, 0.6) is 0 Å². The summed E-state index contributed by atoms with van der Waals surface area (Å²) in [4.78, 5) is 51.3. The fraction of sp³-hybridized carbons (Fsp3) is 0.0833. The monoisotopic (exact) mass is 435 g/mol. The van der Waals surface area contributed by atoms with Crippen molar-refractivity contribution in [3.8, 4) is 0 Å². The highest BCUT2D eigenvalue weighted by Gasteiger charge is 2.46. The van der Waals surface area contributed by atoms with Crippen LogP contribution in [-0.4, -0.2) is 23.4 Å². The predicted octanol–water partition coefficient (Wildman–Crippen LogP) is 3.88. The van der Waals surface area contributed by atoms with Crippen LogP contribution in [0.3, 0.4) is 0 Å². The van der Waals surface area contributed by atoms with E-state index in [-0.39, 0.29) is 16.8 Å². The predicted molar refractivity (Wildman–Crippen MR) is 109 cm³/mol. The Bertz CT molecular complexity index is 1240. The molecule has 0 radical (unpaired) electrons. The molecule has 0 fully saturated rings. The molecular weight excluding hydrogens is 420 g/mol. The van der Waals surface area contributed by atoms with E-state index in [1.807, 2.05) is 0 Å². The first-order valence-corrected chi connectivity index (χ1v) is 9.56. The molecule has 2 atom stereocenters. The molecule has 0 saturated carbocycles. The Morgan fingerprint density at radius 3 is 2.25 bits per heavy atom. The van der Waals surface area contributed by atoms with Gasteiger partial charge in [-0.15, -0.1) is 0 Å². The lowest BCUT2D eigenvalue weighted by Gasteiger charge is -2.21. The van der Waals surface area contributed by atoms with Crippen LogP contribution in [-0.2, 0) is 14.3 Å². The molecule has 1 N–H and O–H groups in total. The van der Waals surface area contributed by atoms with Crippen molar-refractivity contribution in [1.29, 1.82) is 0 Å². The van der Waals surface area contributed by atoms with Gasteiger partial charge in [0.2, 0.25) is 5.78 Å². The summed E-state index contributed by atoms with van der Waals surface area (Å²) >= 11 is 0. The molecular formula is C24H15F2NO5. The average molecular weight is 435 g/mol. The highest BCUT2D eigenvalue weighted by atomic mass is 19.1. The second-order valence-corrected chi connectivity index (χ2v) is 7.06. The van der Waals surface area contributed by atoms with E-state index in [1.165, 1.54) is 42.5 Å². The molecule has 0 saturated heterocycles. The highest BCUT2D eigenvalue weighted by Crippen LogP contribution is 2.38. The van der Waals surface area contributed by atoms with Crippen LogP contribution in [0.4, 0.5) is 14.5 Å². The molecule has 3 aromatic rings. The average Bonchev–Trinajstić information content (AvgIpc) is 3.12. The molecule has 1 heterocycles. The number of carbonyl (C=O) groups excluding carboxylic acids is 4. The first-order chi connectivity index (χ1) is 15.4. The molecule has 0 bridgehead atoms. The van der Waals surface area contributed by atoms with Gasteiger partial charge >= 0.3 is 5.97 Å². The second kappa shape index (κ2) is 8.50. The molecule has 0 aliphatic carbocycles. The SMILES string of the molecule is O=C(Nc1ccc(F)cc1)C(=O)[C@@H](C(=O)c1ccccc1F)[C@H]1OC(=O)c2ccccc21. The number of anilines is 1. The number of ether oxygens (including phenoxy) is 1. The number of cyclic esters (lactones) is 1. The number of esters is 1. The summed E-state index contributed by atoms with van der Waals surface area (Å²) < 4.78 is 32.7. The van der Waals surface area contributed by atoms with E-state index < -0.39 is 52.7 Å². The van der Waals surface area contributed by atoms with Crippen molar-refractivity contribution < 1.29 is 32.7 Å². The lowest BCUT2D eigenvalue weighted by Crippen LogP contribution is -2.38. The van der Waals surface area contributed by atoms with Crippen LogP contribution in [0.1, 0.15) is 32.4 Å². The van der Waals surface area contributed by atoms with Crippen LogP contribution in [0.15, 0.2) is 72.8 Å². The van der Waals surface area contributed by atoms with Crippen molar-refractivity contribution in [1.82, 2.24) is 0 Å². The topological polar surface area (TPSA) is 89.5 Å². The normalized spacial score (nSPS) is 15.4. The number of Topliss-reactive ketones (excluding diaryl/α,β-unsaturated/α-hetero) is 2. The van der Waals surface area contributed by atoms with Gasteiger partial charge in [-0.3, -0.25) is 14.4 Å². The standard InChI is InChI=1S/C24H15F2NO5/c25-13-9-11-14(12-10-13)27-23(30)21(29)19(20(28)17-7-3-4-8-18(17)26)22-15-5-1-2-6-16(15)24(31)32-22/h1-12,19,22H,(H,27,30)/t19-,22+/m1/s1. The van der Waals surface area contributed by atoms with E-state index in [0.29, 0.717) is 0 Å². The van der Waals surface area contributed by atoms with Crippen LogP contribution in [0.25, 0.3) is 0 Å². The smallest absolute Gasteiger partial charge is 0.339 e. The van der Waals surface area contributed by atoms with Crippen molar-refractivity contribution in [2.24, 2.45) is 5.92 Å². The van der Waals surface area contributed by atoms with E-state index in [9.17, 15) is 28.0 Å². The lowest BCUT2D eigenvalue weighted by molar-refractivity contribution is -0.138. The van der Waals surface area contributed by atoms with Gasteiger partial charge in [-0.1, -0.05) is 30.3 Å². The Balaban J connectivity index is 1.72. The minimum absolute atomic E-state index is 0.116. The van der Waals surface area contributed by atoms with E-state index >= 15 is 0 Å². The van der Waals surface area contributed by atoms with Gasteiger partial charge in [0.25, 0.3) is 5.91 Å². The number of amides is 1. The minimum atomic E-state index is -1.82. The van der Waals surface area contributed by atoms with Gasteiger partial charge in [-0.25, -0.2) is 13.6 Å². The molecule has 32 heavy (non-hydrogen) atoms. The first kappa shape index (κ1) is 21.0. The number of fused-ring (bicyclic) bond motifs is 1. The Hall–Kier alpha value is -4.20. The zero-order valence-corrected chi connectivity index (χ0v) is 16.4. The van der Waals surface area contributed by atoms with Crippen molar-refractivity contribution in [2.45, 2.75) is 6.10 Å². The third-order valence-corrected chi connectivity index (χ3v) is 5.05. The minimum Gasteiger partial charge on any atom is -0.453 e.